The lowest BCUT2D eigenvalue weighted by Gasteiger charge is -2.22. The first-order valence-electron chi connectivity index (χ1n) is 15.3. The van der Waals surface area contributed by atoms with Gasteiger partial charge in [-0.15, -0.1) is 0 Å². The fraction of sp³-hybridized carbons (Fsp3) is 0.242. The highest BCUT2D eigenvalue weighted by atomic mass is 32.2. The summed E-state index contributed by atoms with van der Waals surface area (Å²) in [6.45, 7) is 11.2. The zero-order chi connectivity index (χ0) is 34.1. The molecule has 1 aliphatic carbocycles. The van der Waals surface area contributed by atoms with Crippen LogP contribution in [-0.2, 0) is 20.1 Å². The van der Waals surface area contributed by atoms with E-state index in [0.29, 0.717) is 27.9 Å². The molecule has 11 nitrogen and oxygen atoms in total. The number of rotatable bonds is 11. The largest absolute Gasteiger partial charge is 0.488 e. The number of sulfonamides is 1. The molecule has 0 atom stereocenters. The highest BCUT2D eigenvalue weighted by Crippen LogP contribution is 2.43. The molecule has 0 fully saturated rings. The Morgan fingerprint density at radius 2 is 1.53 bits per heavy atom. The zero-order valence-corrected chi connectivity index (χ0v) is 28.1. The third-order valence-electron chi connectivity index (χ3n) is 8.19. The molecule has 0 amide bonds. The average molecular weight is 679 g/mol. The van der Waals surface area contributed by atoms with Gasteiger partial charge in [0.25, 0.3) is 20.1 Å². The Labute approximate surface area is 274 Å². The summed E-state index contributed by atoms with van der Waals surface area (Å²) in [4.78, 5) is 1.12. The fourth-order valence-electron chi connectivity index (χ4n) is 5.80. The average Bonchev–Trinajstić information content (AvgIpc) is 3.04. The molecule has 2 aliphatic rings. The van der Waals surface area contributed by atoms with Crippen molar-refractivity contribution in [2.75, 3.05) is 35.8 Å². The van der Waals surface area contributed by atoms with Crippen molar-refractivity contribution in [3.05, 3.63) is 84.2 Å². The van der Waals surface area contributed by atoms with Gasteiger partial charge in [0.2, 0.25) is 5.36 Å². The SMILES string of the molecule is CCN(CC)c1ccc2c(-c3ccc(S(=O)(=O)Nc4cccc(B(O)O)c4)cc3S(=O)(=O)O)c3ccc(=[N+](CC)CC)cc-3oc2c1. The molecule has 3 aromatic rings. The van der Waals surface area contributed by atoms with Gasteiger partial charge in [-0.05, 0) is 75.6 Å². The summed E-state index contributed by atoms with van der Waals surface area (Å²) in [5, 5.41) is 20.5. The standard InChI is InChI=1S/C33H36BN3O8S2/c1-5-36(6-2)24-12-15-27-30(19-24)45-31-20-25(37(7-3)8-4)13-16-28(31)33(27)29-17-14-26(21-32(29)47(42,43)44)46(40,41)35-23-11-9-10-22(18-23)34(38)39/h9-21,35,38-39H,5-8H2,1-4H3/p+1. The topological polar surface area (TPSA) is 160 Å². The van der Waals surface area contributed by atoms with Crippen LogP contribution < -0.4 is 25.0 Å². The van der Waals surface area contributed by atoms with Gasteiger partial charge in [-0.25, -0.2) is 13.0 Å². The Hall–Kier alpha value is -4.21. The summed E-state index contributed by atoms with van der Waals surface area (Å²) in [5.41, 5.74) is 2.60. The minimum absolute atomic E-state index is 0.0303. The Balaban J connectivity index is 1.78. The Morgan fingerprint density at radius 3 is 2.17 bits per heavy atom. The monoisotopic (exact) mass is 678 g/mol. The summed E-state index contributed by atoms with van der Waals surface area (Å²) in [6, 6.07) is 20.3. The van der Waals surface area contributed by atoms with E-state index in [0.717, 1.165) is 43.3 Å². The first-order chi connectivity index (χ1) is 22.3. The summed E-state index contributed by atoms with van der Waals surface area (Å²) in [7, 11) is -11.2. The van der Waals surface area contributed by atoms with Crippen molar-refractivity contribution < 1.29 is 35.9 Å². The highest BCUT2D eigenvalue weighted by molar-refractivity contribution is 7.92. The molecular weight excluding hydrogens is 641 g/mol. The van der Waals surface area contributed by atoms with Gasteiger partial charge in [0.05, 0.1) is 11.0 Å². The van der Waals surface area contributed by atoms with E-state index in [1.807, 2.05) is 64.1 Å². The van der Waals surface area contributed by atoms with Crippen molar-refractivity contribution >= 4 is 55.1 Å². The van der Waals surface area contributed by atoms with Crippen molar-refractivity contribution in [3.8, 4) is 22.5 Å². The Morgan fingerprint density at radius 1 is 0.830 bits per heavy atom. The van der Waals surface area contributed by atoms with E-state index in [9.17, 15) is 31.4 Å². The van der Waals surface area contributed by atoms with Crippen LogP contribution in [0.4, 0.5) is 11.4 Å². The van der Waals surface area contributed by atoms with Crippen molar-refractivity contribution in [1.29, 1.82) is 0 Å². The van der Waals surface area contributed by atoms with Gasteiger partial charge in [0.15, 0.2) is 0 Å². The summed E-state index contributed by atoms with van der Waals surface area (Å²) in [6.07, 6.45) is 0. The number of benzene rings is 4. The van der Waals surface area contributed by atoms with Crippen LogP contribution in [0.15, 0.2) is 93.1 Å². The second kappa shape index (κ2) is 13.5. The molecule has 47 heavy (non-hydrogen) atoms. The third-order valence-corrected chi connectivity index (χ3v) is 10.5. The van der Waals surface area contributed by atoms with Crippen LogP contribution in [0.5, 0.6) is 0 Å². The number of fused-ring (bicyclic) bond motifs is 2. The highest BCUT2D eigenvalue weighted by Gasteiger charge is 2.27. The van der Waals surface area contributed by atoms with E-state index in [1.54, 1.807) is 0 Å². The Kier molecular flexibility index (Phi) is 9.80. The molecule has 3 aromatic carbocycles. The molecule has 0 spiro atoms. The molecule has 1 heterocycles. The second-order valence-electron chi connectivity index (χ2n) is 10.9. The van der Waals surface area contributed by atoms with Gasteiger partial charge in [-0.2, -0.15) is 8.42 Å². The van der Waals surface area contributed by atoms with Gasteiger partial charge >= 0.3 is 7.12 Å². The van der Waals surface area contributed by atoms with Crippen molar-refractivity contribution in [3.63, 3.8) is 0 Å². The molecule has 0 radical (unpaired) electrons. The molecule has 246 valence electrons. The molecule has 0 aromatic heterocycles. The summed E-state index contributed by atoms with van der Waals surface area (Å²) >= 11 is 0. The van der Waals surface area contributed by atoms with Gasteiger partial charge in [0, 0.05) is 58.7 Å². The van der Waals surface area contributed by atoms with E-state index in [-0.39, 0.29) is 16.7 Å². The normalized spacial score (nSPS) is 12.0. The van der Waals surface area contributed by atoms with Gasteiger partial charge in [-0.3, -0.25) is 9.27 Å². The Bertz CT molecular complexity index is 2210. The number of nitrogens with one attached hydrogen (secondary N) is 1. The minimum Gasteiger partial charge on any atom is -0.456 e. The molecule has 0 saturated heterocycles. The lowest BCUT2D eigenvalue weighted by atomic mass is 9.80. The van der Waals surface area contributed by atoms with Crippen LogP contribution in [-0.4, -0.2) is 64.7 Å². The molecule has 0 bridgehead atoms. The lowest BCUT2D eigenvalue weighted by molar-refractivity contribution is 0.425. The molecule has 5 rings (SSSR count). The van der Waals surface area contributed by atoms with Crippen molar-refractivity contribution in [2.24, 2.45) is 0 Å². The van der Waals surface area contributed by atoms with E-state index in [2.05, 4.69) is 14.2 Å². The summed E-state index contributed by atoms with van der Waals surface area (Å²) in [5.74, 6) is 0.485. The van der Waals surface area contributed by atoms with Gasteiger partial charge < -0.3 is 19.4 Å². The maximum atomic E-state index is 13.4. The quantitative estimate of drug-likeness (QED) is 0.0709. The van der Waals surface area contributed by atoms with Crippen LogP contribution >= 0.6 is 0 Å². The molecule has 0 saturated carbocycles. The van der Waals surface area contributed by atoms with Gasteiger partial charge in [-0.1, -0.05) is 18.2 Å². The van der Waals surface area contributed by atoms with Crippen LogP contribution in [0.2, 0.25) is 0 Å². The van der Waals surface area contributed by atoms with Crippen molar-refractivity contribution in [1.82, 2.24) is 4.58 Å². The molecule has 1 aliphatic heterocycles. The van der Waals surface area contributed by atoms with E-state index in [4.69, 9.17) is 4.42 Å². The zero-order valence-electron chi connectivity index (χ0n) is 26.5. The number of anilines is 2. The molecule has 0 unspecified atom stereocenters. The third kappa shape index (κ3) is 6.92. The smallest absolute Gasteiger partial charge is 0.456 e. The first kappa shape index (κ1) is 34.1. The van der Waals surface area contributed by atoms with Gasteiger partial charge in [0.1, 0.15) is 29.3 Å². The summed E-state index contributed by atoms with van der Waals surface area (Å²) < 4.78 is 74.1. The minimum atomic E-state index is -4.96. The van der Waals surface area contributed by atoms with E-state index < -0.39 is 37.1 Å². The molecule has 4 N–H and O–H groups in total. The van der Waals surface area contributed by atoms with Crippen LogP contribution in [0.25, 0.3) is 33.4 Å². The van der Waals surface area contributed by atoms with E-state index in [1.165, 1.54) is 36.4 Å². The predicted octanol–water partition coefficient (Wildman–Crippen LogP) is 3.59. The number of nitrogens with zero attached hydrogens (tertiary/aromatic N) is 2. The number of hydrogen-bond acceptors (Lipinski definition) is 8. The van der Waals surface area contributed by atoms with Crippen LogP contribution in [0.1, 0.15) is 27.7 Å². The maximum Gasteiger partial charge on any atom is 0.488 e. The lowest BCUT2D eigenvalue weighted by Crippen LogP contribution is -2.30. The molecule has 14 heteroatoms. The van der Waals surface area contributed by atoms with Crippen LogP contribution in [0.3, 0.4) is 0 Å². The predicted molar refractivity (Wildman–Crippen MR) is 185 cm³/mol. The number of hydrogen-bond donors (Lipinski definition) is 4. The van der Waals surface area contributed by atoms with Crippen LogP contribution in [0, 0.1) is 0 Å². The fourth-order valence-corrected chi connectivity index (χ4v) is 7.67. The van der Waals surface area contributed by atoms with E-state index >= 15 is 0 Å². The molecular formula is C33H37BN3O8S2+. The maximum absolute atomic E-state index is 13.4. The first-order valence-corrected chi connectivity index (χ1v) is 18.2. The second-order valence-corrected chi connectivity index (χ2v) is 14.0. The van der Waals surface area contributed by atoms with Crippen molar-refractivity contribution in [2.45, 2.75) is 37.5 Å².